The van der Waals surface area contributed by atoms with Crippen molar-refractivity contribution in [1.82, 2.24) is 5.48 Å². The Kier molecular flexibility index (Phi) is 8.28. The van der Waals surface area contributed by atoms with Gasteiger partial charge in [0.2, 0.25) is 0 Å². The Labute approximate surface area is 135 Å². The zero-order valence-electron chi connectivity index (χ0n) is 14.6. The highest BCUT2D eigenvalue weighted by atomic mass is 32.2. The van der Waals surface area contributed by atoms with Crippen LogP contribution >= 0.6 is 11.8 Å². The van der Waals surface area contributed by atoms with E-state index in [0.717, 1.165) is 31.9 Å². The SMILES string of the molecule is CSCCN=CCCNOCC1CC(C)(C)CCC1(C)C. The van der Waals surface area contributed by atoms with Crippen LogP contribution in [-0.2, 0) is 4.84 Å². The number of hydrogen-bond acceptors (Lipinski definition) is 4. The second kappa shape index (κ2) is 9.16. The molecule has 0 radical (unpaired) electrons. The predicted molar refractivity (Wildman–Crippen MR) is 95.2 cm³/mol. The normalized spacial score (nSPS) is 24.5. The monoisotopic (exact) mass is 314 g/mol. The van der Waals surface area contributed by atoms with Gasteiger partial charge in [-0.3, -0.25) is 4.99 Å². The summed E-state index contributed by atoms with van der Waals surface area (Å²) in [6.45, 7) is 12.1. The number of nitrogens with zero attached hydrogens (tertiary/aromatic N) is 1. The minimum atomic E-state index is 0.399. The maximum atomic E-state index is 5.71. The number of hydroxylamine groups is 1. The molecule has 0 saturated heterocycles. The summed E-state index contributed by atoms with van der Waals surface area (Å²) >= 11 is 1.83. The summed E-state index contributed by atoms with van der Waals surface area (Å²) in [5.74, 6) is 1.75. The summed E-state index contributed by atoms with van der Waals surface area (Å²) in [7, 11) is 0. The zero-order valence-corrected chi connectivity index (χ0v) is 15.4. The molecule has 0 heterocycles. The van der Waals surface area contributed by atoms with Crippen molar-refractivity contribution in [2.45, 2.75) is 53.4 Å². The van der Waals surface area contributed by atoms with Gasteiger partial charge in [-0.2, -0.15) is 11.8 Å². The first-order chi connectivity index (χ1) is 9.87. The van der Waals surface area contributed by atoms with Gasteiger partial charge < -0.3 is 4.84 Å². The molecular formula is C17H34N2OS. The summed E-state index contributed by atoms with van der Waals surface area (Å²) in [4.78, 5) is 10.1. The van der Waals surface area contributed by atoms with Gasteiger partial charge in [-0.15, -0.1) is 0 Å². The molecule has 21 heavy (non-hydrogen) atoms. The van der Waals surface area contributed by atoms with Crippen molar-refractivity contribution in [2.75, 3.05) is 31.7 Å². The molecule has 124 valence electrons. The van der Waals surface area contributed by atoms with E-state index in [1.54, 1.807) is 0 Å². The van der Waals surface area contributed by atoms with Crippen LogP contribution < -0.4 is 5.48 Å². The minimum absolute atomic E-state index is 0.399. The summed E-state index contributed by atoms with van der Waals surface area (Å²) in [5.41, 5.74) is 3.96. The third kappa shape index (κ3) is 7.66. The van der Waals surface area contributed by atoms with Crippen molar-refractivity contribution in [1.29, 1.82) is 0 Å². The summed E-state index contributed by atoms with van der Waals surface area (Å²) in [5, 5.41) is 0. The van der Waals surface area contributed by atoms with E-state index in [1.807, 2.05) is 18.0 Å². The second-order valence-corrected chi connectivity index (χ2v) is 8.62. The largest absolute Gasteiger partial charge is 0.301 e. The third-order valence-electron chi connectivity index (χ3n) is 4.67. The highest BCUT2D eigenvalue weighted by Crippen LogP contribution is 2.48. The van der Waals surface area contributed by atoms with Gasteiger partial charge >= 0.3 is 0 Å². The van der Waals surface area contributed by atoms with E-state index in [2.05, 4.69) is 44.4 Å². The minimum Gasteiger partial charge on any atom is -0.301 e. The highest BCUT2D eigenvalue weighted by molar-refractivity contribution is 7.98. The van der Waals surface area contributed by atoms with Gasteiger partial charge in [-0.25, -0.2) is 5.48 Å². The summed E-state index contributed by atoms with van der Waals surface area (Å²) < 4.78 is 0. The standard InChI is InChI=1S/C17H34N2OS/c1-16(2)7-8-17(3,4)15(13-16)14-20-19-10-6-9-18-11-12-21-5/h9,15,19H,6-8,10-14H2,1-5H3. The van der Waals surface area contributed by atoms with E-state index in [1.165, 1.54) is 19.3 Å². The van der Waals surface area contributed by atoms with Gasteiger partial charge in [-0.1, -0.05) is 27.7 Å². The molecule has 1 aliphatic rings. The number of aliphatic imine (C=N–C) groups is 1. The van der Waals surface area contributed by atoms with Crippen molar-refractivity contribution in [3.8, 4) is 0 Å². The molecule has 0 spiro atoms. The molecule has 1 saturated carbocycles. The maximum absolute atomic E-state index is 5.71. The van der Waals surface area contributed by atoms with Gasteiger partial charge in [0.05, 0.1) is 6.61 Å². The van der Waals surface area contributed by atoms with Crippen LogP contribution in [0.4, 0.5) is 0 Å². The van der Waals surface area contributed by atoms with Crippen LogP contribution in [0.2, 0.25) is 0 Å². The zero-order chi connectivity index (χ0) is 15.8. The van der Waals surface area contributed by atoms with Crippen LogP contribution in [0.1, 0.15) is 53.4 Å². The predicted octanol–water partition coefficient (Wildman–Crippen LogP) is 4.18. The van der Waals surface area contributed by atoms with Gasteiger partial charge in [0.1, 0.15) is 0 Å². The quantitative estimate of drug-likeness (QED) is 0.394. The molecule has 0 aromatic heterocycles. The van der Waals surface area contributed by atoms with Gasteiger partial charge in [0.15, 0.2) is 0 Å². The van der Waals surface area contributed by atoms with E-state index >= 15 is 0 Å². The van der Waals surface area contributed by atoms with Gasteiger partial charge in [0.25, 0.3) is 0 Å². The summed E-state index contributed by atoms with van der Waals surface area (Å²) in [6, 6.07) is 0. The third-order valence-corrected chi connectivity index (χ3v) is 5.26. The lowest BCUT2D eigenvalue weighted by Gasteiger charge is -2.45. The fourth-order valence-electron chi connectivity index (χ4n) is 2.88. The Bertz CT molecular complexity index is 316. The van der Waals surface area contributed by atoms with Crippen LogP contribution in [0, 0.1) is 16.7 Å². The molecule has 1 fully saturated rings. The molecule has 1 atom stereocenters. The average Bonchev–Trinajstić information content (AvgIpc) is 2.41. The molecule has 1 N–H and O–H groups in total. The first-order valence-corrected chi connectivity index (χ1v) is 9.59. The lowest BCUT2D eigenvalue weighted by Crippen LogP contribution is -2.39. The highest BCUT2D eigenvalue weighted by Gasteiger charge is 2.39. The lowest BCUT2D eigenvalue weighted by molar-refractivity contribution is -0.0486. The first kappa shape index (κ1) is 19.0. The lowest BCUT2D eigenvalue weighted by atomic mass is 9.61. The van der Waals surface area contributed by atoms with Crippen LogP contribution in [0.5, 0.6) is 0 Å². The molecule has 3 nitrogen and oxygen atoms in total. The van der Waals surface area contributed by atoms with Crippen LogP contribution in [0.3, 0.4) is 0 Å². The second-order valence-electron chi connectivity index (χ2n) is 7.63. The number of hydrogen-bond donors (Lipinski definition) is 1. The number of nitrogens with one attached hydrogen (secondary N) is 1. The van der Waals surface area contributed by atoms with Gasteiger partial charge in [0, 0.05) is 25.1 Å². The fourth-order valence-corrected chi connectivity index (χ4v) is 3.16. The number of thioether (sulfide) groups is 1. The van der Waals surface area contributed by atoms with Crippen molar-refractivity contribution in [3.05, 3.63) is 0 Å². The Morgan fingerprint density at radius 2 is 2.05 bits per heavy atom. The topological polar surface area (TPSA) is 33.6 Å². The van der Waals surface area contributed by atoms with Crippen molar-refractivity contribution >= 4 is 18.0 Å². The first-order valence-electron chi connectivity index (χ1n) is 8.19. The molecule has 1 aliphatic carbocycles. The van der Waals surface area contributed by atoms with E-state index in [4.69, 9.17) is 4.84 Å². The molecule has 0 aromatic rings. The van der Waals surface area contributed by atoms with E-state index in [9.17, 15) is 0 Å². The molecule has 1 unspecified atom stereocenters. The fraction of sp³-hybridized carbons (Fsp3) is 0.941. The van der Waals surface area contributed by atoms with E-state index in [0.29, 0.717) is 16.7 Å². The molecule has 0 aliphatic heterocycles. The smallest absolute Gasteiger partial charge is 0.0715 e. The van der Waals surface area contributed by atoms with E-state index < -0.39 is 0 Å². The maximum Gasteiger partial charge on any atom is 0.0715 e. The van der Waals surface area contributed by atoms with Crippen LogP contribution in [-0.4, -0.2) is 37.9 Å². The van der Waals surface area contributed by atoms with E-state index in [-0.39, 0.29) is 0 Å². The Morgan fingerprint density at radius 1 is 1.29 bits per heavy atom. The van der Waals surface area contributed by atoms with Crippen molar-refractivity contribution in [2.24, 2.45) is 21.7 Å². The van der Waals surface area contributed by atoms with Crippen LogP contribution in [0.25, 0.3) is 0 Å². The van der Waals surface area contributed by atoms with Crippen LogP contribution in [0.15, 0.2) is 4.99 Å². The Hall–Kier alpha value is -0.0600. The molecule has 0 bridgehead atoms. The molecule has 0 aromatic carbocycles. The number of rotatable bonds is 9. The summed E-state index contributed by atoms with van der Waals surface area (Å²) in [6.07, 6.45) is 8.94. The molecule has 0 amide bonds. The van der Waals surface area contributed by atoms with Crippen molar-refractivity contribution in [3.63, 3.8) is 0 Å². The molecule has 1 rings (SSSR count). The Balaban J connectivity index is 2.15. The Morgan fingerprint density at radius 3 is 2.76 bits per heavy atom. The van der Waals surface area contributed by atoms with Crippen molar-refractivity contribution < 1.29 is 4.84 Å². The average molecular weight is 315 g/mol. The molecule has 4 heteroatoms. The molecular weight excluding hydrogens is 280 g/mol. The van der Waals surface area contributed by atoms with Gasteiger partial charge in [-0.05, 0) is 48.7 Å².